The van der Waals surface area contributed by atoms with E-state index in [1.807, 2.05) is 0 Å². The molecule has 1 atom stereocenters. The molecule has 0 fully saturated rings. The van der Waals surface area contributed by atoms with E-state index in [2.05, 4.69) is 20.8 Å². The Morgan fingerprint density at radius 3 is 2.38 bits per heavy atom. The quantitative estimate of drug-likeness (QED) is 0.613. The van der Waals surface area contributed by atoms with Crippen LogP contribution in [0.1, 0.15) is 33.6 Å². The Morgan fingerprint density at radius 2 is 2.00 bits per heavy atom. The van der Waals surface area contributed by atoms with Gasteiger partial charge in [0, 0.05) is 19.7 Å². The predicted molar refractivity (Wildman–Crippen MR) is 56.4 cm³/mol. The zero-order valence-corrected chi connectivity index (χ0v) is 9.25. The fraction of sp³-hybridized carbons (Fsp3) is 1.00. The molecule has 0 aliphatic rings. The molecule has 2 N–H and O–H groups in total. The van der Waals surface area contributed by atoms with Gasteiger partial charge in [-0.15, -0.1) is 0 Å². The molecule has 3 nitrogen and oxygen atoms in total. The van der Waals surface area contributed by atoms with Gasteiger partial charge in [-0.3, -0.25) is 0 Å². The molecule has 0 aliphatic carbocycles. The molecule has 0 spiro atoms. The van der Waals surface area contributed by atoms with Crippen molar-refractivity contribution in [1.82, 2.24) is 0 Å². The van der Waals surface area contributed by atoms with Crippen LogP contribution in [-0.2, 0) is 9.31 Å². The maximum absolute atomic E-state index is 5.92. The van der Waals surface area contributed by atoms with Crippen LogP contribution in [0.4, 0.5) is 0 Å². The summed E-state index contributed by atoms with van der Waals surface area (Å²) in [5.41, 5.74) is 5.92. The molecule has 0 radical (unpaired) electrons. The minimum Gasteiger partial charge on any atom is -0.413 e. The highest BCUT2D eigenvalue weighted by molar-refractivity contribution is 6.46. The van der Waals surface area contributed by atoms with Gasteiger partial charge in [-0.1, -0.05) is 20.8 Å². The fourth-order valence-electron chi connectivity index (χ4n) is 1.26. The lowest BCUT2D eigenvalue weighted by Gasteiger charge is -2.19. The second-order valence-electron chi connectivity index (χ2n) is 3.77. The van der Waals surface area contributed by atoms with Gasteiger partial charge in [0.2, 0.25) is 0 Å². The molecule has 0 aromatic carbocycles. The highest BCUT2D eigenvalue weighted by Gasteiger charge is 2.26. The van der Waals surface area contributed by atoms with Gasteiger partial charge in [0.05, 0.1) is 0 Å². The van der Waals surface area contributed by atoms with Gasteiger partial charge in [-0.25, -0.2) is 0 Å². The normalized spacial score (nSPS) is 13.4. The molecule has 0 bridgehead atoms. The van der Waals surface area contributed by atoms with E-state index in [-0.39, 0.29) is 13.1 Å². The van der Waals surface area contributed by atoms with E-state index in [1.54, 1.807) is 7.11 Å². The van der Waals surface area contributed by atoms with Gasteiger partial charge in [-0.2, -0.15) is 0 Å². The third-order valence-corrected chi connectivity index (χ3v) is 1.81. The highest BCUT2D eigenvalue weighted by atomic mass is 16.6. The molecule has 13 heavy (non-hydrogen) atoms. The van der Waals surface area contributed by atoms with Crippen molar-refractivity contribution in [2.24, 2.45) is 11.7 Å². The first kappa shape index (κ1) is 12.9. The minimum absolute atomic E-state index is 0.0171. The molecule has 0 amide bonds. The number of hydrogen-bond acceptors (Lipinski definition) is 3. The van der Waals surface area contributed by atoms with Crippen LogP contribution in [0, 0.1) is 5.92 Å². The SMILES string of the molecule is CCCOB(OC)[C@@H](N)CC(C)C. The van der Waals surface area contributed by atoms with Crippen molar-refractivity contribution in [3.8, 4) is 0 Å². The molecule has 0 heterocycles. The molecule has 0 saturated heterocycles. The van der Waals surface area contributed by atoms with Gasteiger partial charge in [0.15, 0.2) is 0 Å². The largest absolute Gasteiger partial charge is 0.474 e. The van der Waals surface area contributed by atoms with Crippen LogP contribution in [0.25, 0.3) is 0 Å². The van der Waals surface area contributed by atoms with Crippen molar-refractivity contribution in [2.45, 2.75) is 39.6 Å². The first-order valence-electron chi connectivity index (χ1n) is 5.01. The zero-order valence-electron chi connectivity index (χ0n) is 9.25. The summed E-state index contributed by atoms with van der Waals surface area (Å²) >= 11 is 0. The average molecular weight is 187 g/mol. The van der Waals surface area contributed by atoms with Crippen molar-refractivity contribution < 1.29 is 9.31 Å². The van der Waals surface area contributed by atoms with Crippen molar-refractivity contribution >= 4 is 7.12 Å². The Labute approximate surface area is 82.1 Å². The lowest BCUT2D eigenvalue weighted by molar-refractivity contribution is 0.216. The fourth-order valence-corrected chi connectivity index (χ4v) is 1.26. The van der Waals surface area contributed by atoms with Crippen LogP contribution >= 0.6 is 0 Å². The topological polar surface area (TPSA) is 44.5 Å². The number of hydrogen-bond donors (Lipinski definition) is 1. The van der Waals surface area contributed by atoms with E-state index in [0.29, 0.717) is 12.5 Å². The molecule has 0 saturated carbocycles. The lowest BCUT2D eigenvalue weighted by Crippen LogP contribution is -2.43. The monoisotopic (exact) mass is 187 g/mol. The summed E-state index contributed by atoms with van der Waals surface area (Å²) in [6.45, 7) is 7.07. The summed E-state index contributed by atoms with van der Waals surface area (Å²) in [6, 6.07) is 0. The van der Waals surface area contributed by atoms with E-state index in [1.165, 1.54) is 0 Å². The Bertz CT molecular complexity index is 122. The Hall–Kier alpha value is -0.0551. The van der Waals surface area contributed by atoms with Gasteiger partial charge in [-0.05, 0) is 18.8 Å². The molecule has 0 unspecified atom stereocenters. The summed E-state index contributed by atoms with van der Waals surface area (Å²) in [6.07, 6.45) is 1.93. The number of nitrogens with two attached hydrogens (primary N) is 1. The highest BCUT2D eigenvalue weighted by Crippen LogP contribution is 2.06. The van der Waals surface area contributed by atoms with Gasteiger partial charge in [0.25, 0.3) is 0 Å². The van der Waals surface area contributed by atoms with Crippen LogP contribution in [0.5, 0.6) is 0 Å². The van der Waals surface area contributed by atoms with Crippen molar-refractivity contribution in [2.75, 3.05) is 13.7 Å². The van der Waals surface area contributed by atoms with Gasteiger partial charge >= 0.3 is 7.12 Å². The van der Waals surface area contributed by atoms with Crippen LogP contribution < -0.4 is 5.73 Å². The van der Waals surface area contributed by atoms with E-state index >= 15 is 0 Å². The van der Waals surface area contributed by atoms with E-state index in [4.69, 9.17) is 15.0 Å². The van der Waals surface area contributed by atoms with E-state index < -0.39 is 0 Å². The van der Waals surface area contributed by atoms with Gasteiger partial charge in [0.1, 0.15) is 0 Å². The van der Waals surface area contributed by atoms with Gasteiger partial charge < -0.3 is 15.0 Å². The van der Waals surface area contributed by atoms with Crippen LogP contribution in [-0.4, -0.2) is 26.8 Å². The number of rotatable bonds is 7. The maximum Gasteiger partial charge on any atom is 0.474 e. The first-order valence-corrected chi connectivity index (χ1v) is 5.01. The van der Waals surface area contributed by atoms with E-state index in [9.17, 15) is 0 Å². The molecule has 78 valence electrons. The Balaban J connectivity index is 3.77. The summed E-state index contributed by atoms with van der Waals surface area (Å²) in [5.74, 6) is 0.564. The van der Waals surface area contributed by atoms with Crippen LogP contribution in [0.15, 0.2) is 0 Å². The molecular formula is C9H22BNO2. The molecule has 0 aromatic rings. The summed E-state index contributed by atoms with van der Waals surface area (Å²) in [7, 11) is 1.39. The molecule has 4 heteroatoms. The Kier molecular flexibility index (Phi) is 7.33. The molecule has 0 aromatic heterocycles. The van der Waals surface area contributed by atoms with Crippen LogP contribution in [0.2, 0.25) is 0 Å². The predicted octanol–water partition coefficient (Wildman–Crippen LogP) is 1.46. The minimum atomic E-state index is -0.248. The third kappa shape index (κ3) is 6.08. The standard InChI is InChI=1S/C9H22BNO2/c1-5-6-13-10(12-4)9(11)7-8(2)3/h8-9H,5-7,11H2,1-4H3/t9-/m0/s1. The van der Waals surface area contributed by atoms with Crippen molar-refractivity contribution in [1.29, 1.82) is 0 Å². The lowest BCUT2D eigenvalue weighted by atomic mass is 9.74. The molecule has 0 rings (SSSR count). The van der Waals surface area contributed by atoms with E-state index in [0.717, 1.165) is 12.8 Å². The van der Waals surface area contributed by atoms with Crippen molar-refractivity contribution in [3.63, 3.8) is 0 Å². The Morgan fingerprint density at radius 1 is 1.38 bits per heavy atom. The second-order valence-corrected chi connectivity index (χ2v) is 3.77. The second kappa shape index (κ2) is 7.36. The molecule has 0 aliphatic heterocycles. The summed E-state index contributed by atoms with van der Waals surface area (Å²) in [4.78, 5) is 0. The summed E-state index contributed by atoms with van der Waals surface area (Å²) in [5, 5.41) is 0. The third-order valence-electron chi connectivity index (χ3n) is 1.81. The zero-order chi connectivity index (χ0) is 10.3. The first-order chi connectivity index (χ1) is 6.11. The smallest absolute Gasteiger partial charge is 0.413 e. The summed E-state index contributed by atoms with van der Waals surface area (Å²) < 4.78 is 10.6. The maximum atomic E-state index is 5.92. The average Bonchev–Trinajstić information content (AvgIpc) is 2.04. The molecular weight excluding hydrogens is 165 g/mol. The van der Waals surface area contributed by atoms with Crippen LogP contribution in [0.3, 0.4) is 0 Å². The van der Waals surface area contributed by atoms with Crippen molar-refractivity contribution in [3.05, 3.63) is 0 Å².